The van der Waals surface area contributed by atoms with Crippen LogP contribution in [0.1, 0.15) is 0 Å². The lowest BCUT2D eigenvalue weighted by Crippen LogP contribution is -2.21. The van der Waals surface area contributed by atoms with Gasteiger partial charge in [-0.05, 0) is 0 Å². The van der Waals surface area contributed by atoms with Gasteiger partial charge >= 0.3 is 6.11 Å². The molecule has 0 amide bonds. The quantitative estimate of drug-likeness (QED) is 0.434. The molecule has 0 radical (unpaired) electrons. The van der Waals surface area contributed by atoms with Gasteiger partial charge < -0.3 is 5.11 Å². The Kier molecular flexibility index (Phi) is 2.81. The summed E-state index contributed by atoms with van der Waals surface area (Å²) in [5.41, 5.74) is 0. The fourth-order valence-corrected chi connectivity index (χ4v) is 0.130. The van der Waals surface area contributed by atoms with Crippen LogP contribution in [0.25, 0.3) is 0 Å². The number of alkyl halides is 2. The van der Waals surface area contributed by atoms with E-state index in [4.69, 9.17) is 5.11 Å². The van der Waals surface area contributed by atoms with Crippen molar-refractivity contribution >= 4 is 0 Å². The predicted molar refractivity (Wildman–Crippen MR) is 20.1 cm³/mol. The third-order valence-corrected chi connectivity index (χ3v) is 0.350. The van der Waals surface area contributed by atoms with Gasteiger partial charge in [-0.1, -0.05) is 0 Å². The molecule has 0 aromatic heterocycles. The summed E-state index contributed by atoms with van der Waals surface area (Å²) in [5, 5.41) is 7.61. The third-order valence-electron chi connectivity index (χ3n) is 0.350. The van der Waals surface area contributed by atoms with Crippen LogP contribution in [-0.2, 0) is 9.78 Å². The molecule has 3 nitrogen and oxygen atoms in total. The average molecular weight is 128 g/mol. The highest BCUT2D eigenvalue weighted by Crippen LogP contribution is 2.06. The fourth-order valence-electron chi connectivity index (χ4n) is 0.130. The van der Waals surface area contributed by atoms with Crippen LogP contribution in [0.5, 0.6) is 0 Å². The zero-order chi connectivity index (χ0) is 6.62. The van der Waals surface area contributed by atoms with E-state index in [1.807, 2.05) is 0 Å². The first-order valence-corrected chi connectivity index (χ1v) is 1.82. The molecule has 0 unspecified atom stereocenters. The maximum absolute atomic E-state index is 11.3. The van der Waals surface area contributed by atoms with Crippen molar-refractivity contribution in [2.45, 2.75) is 6.11 Å². The molecule has 0 spiro atoms. The summed E-state index contributed by atoms with van der Waals surface area (Å²) in [4.78, 5) is 7.48. The van der Waals surface area contributed by atoms with Crippen molar-refractivity contribution in [3.05, 3.63) is 0 Å². The Morgan fingerprint density at radius 2 is 2.12 bits per heavy atom. The Labute approximate surface area is 44.8 Å². The molecular formula is C3H6F2O3. The van der Waals surface area contributed by atoms with Gasteiger partial charge in [0.15, 0.2) is 6.61 Å². The second-order valence-corrected chi connectivity index (χ2v) is 1.09. The molecule has 0 aromatic rings. The highest BCUT2D eigenvalue weighted by atomic mass is 19.3. The minimum atomic E-state index is -3.80. The molecule has 8 heavy (non-hydrogen) atoms. The first kappa shape index (κ1) is 7.74. The van der Waals surface area contributed by atoms with Crippen molar-refractivity contribution in [3.63, 3.8) is 0 Å². The largest absolute Gasteiger partial charge is 0.379 e. The van der Waals surface area contributed by atoms with E-state index in [0.717, 1.165) is 7.11 Å². The van der Waals surface area contributed by atoms with Crippen LogP contribution in [-0.4, -0.2) is 24.9 Å². The maximum atomic E-state index is 11.3. The summed E-state index contributed by atoms with van der Waals surface area (Å²) in [6, 6.07) is 0. The molecule has 1 N–H and O–H groups in total. The topological polar surface area (TPSA) is 38.7 Å². The van der Waals surface area contributed by atoms with Gasteiger partial charge in [-0.15, -0.1) is 0 Å². The number of aliphatic hydroxyl groups is 1. The fraction of sp³-hybridized carbons (Fsp3) is 1.00. The molecule has 0 fully saturated rings. The normalized spacial score (nSPS) is 12.0. The molecular weight excluding hydrogens is 122 g/mol. The van der Waals surface area contributed by atoms with Crippen molar-refractivity contribution in [2.24, 2.45) is 0 Å². The van der Waals surface area contributed by atoms with E-state index in [1.54, 1.807) is 0 Å². The van der Waals surface area contributed by atoms with Crippen LogP contribution in [0, 0.1) is 0 Å². The van der Waals surface area contributed by atoms with Crippen molar-refractivity contribution < 1.29 is 23.7 Å². The number of halogens is 2. The predicted octanol–water partition coefficient (Wildman–Crippen LogP) is 0.150. The molecule has 0 saturated heterocycles. The van der Waals surface area contributed by atoms with E-state index in [2.05, 4.69) is 9.78 Å². The van der Waals surface area contributed by atoms with Gasteiger partial charge in [0.05, 0.1) is 7.11 Å². The second kappa shape index (κ2) is 2.91. The summed E-state index contributed by atoms with van der Waals surface area (Å²) in [6.07, 6.45) is -3.80. The van der Waals surface area contributed by atoms with Gasteiger partial charge in [0.25, 0.3) is 0 Å². The minimum Gasteiger partial charge on any atom is -0.334 e. The van der Waals surface area contributed by atoms with E-state index in [9.17, 15) is 8.78 Å². The lowest BCUT2D eigenvalue weighted by atomic mass is 10.7. The molecule has 0 bridgehead atoms. The Morgan fingerprint density at radius 3 is 2.25 bits per heavy atom. The third kappa shape index (κ3) is 5.74. The van der Waals surface area contributed by atoms with Crippen LogP contribution in [0.2, 0.25) is 0 Å². The Hall–Kier alpha value is -0.260. The summed E-state index contributed by atoms with van der Waals surface area (Å²) >= 11 is 0. The highest BCUT2D eigenvalue weighted by Gasteiger charge is 2.24. The summed E-state index contributed by atoms with van der Waals surface area (Å²) in [5.74, 6) is 0. The van der Waals surface area contributed by atoms with Gasteiger partial charge in [-0.25, -0.2) is 9.78 Å². The van der Waals surface area contributed by atoms with Crippen molar-refractivity contribution in [1.29, 1.82) is 0 Å². The first-order chi connectivity index (χ1) is 3.56. The lowest BCUT2D eigenvalue weighted by molar-refractivity contribution is -0.343. The zero-order valence-electron chi connectivity index (χ0n) is 4.23. The van der Waals surface area contributed by atoms with E-state index < -0.39 is 12.7 Å². The summed E-state index contributed by atoms with van der Waals surface area (Å²) in [7, 11) is 1.08. The van der Waals surface area contributed by atoms with Crippen LogP contribution >= 0.6 is 0 Å². The SMILES string of the molecule is COOCC(O)(F)F. The van der Waals surface area contributed by atoms with Crippen LogP contribution < -0.4 is 0 Å². The van der Waals surface area contributed by atoms with Gasteiger partial charge in [-0.2, -0.15) is 8.78 Å². The molecule has 0 saturated carbocycles. The van der Waals surface area contributed by atoms with Crippen LogP contribution in [0.15, 0.2) is 0 Å². The van der Waals surface area contributed by atoms with Gasteiger partial charge in [-0.3, -0.25) is 0 Å². The maximum Gasteiger partial charge on any atom is 0.379 e. The lowest BCUT2D eigenvalue weighted by Gasteiger charge is -2.05. The van der Waals surface area contributed by atoms with E-state index >= 15 is 0 Å². The van der Waals surface area contributed by atoms with Crippen molar-refractivity contribution in [1.82, 2.24) is 0 Å². The smallest absolute Gasteiger partial charge is 0.334 e. The van der Waals surface area contributed by atoms with Crippen molar-refractivity contribution in [3.8, 4) is 0 Å². The first-order valence-electron chi connectivity index (χ1n) is 1.82. The Morgan fingerprint density at radius 1 is 1.62 bits per heavy atom. The van der Waals surface area contributed by atoms with E-state index in [0.29, 0.717) is 0 Å². The molecule has 5 heteroatoms. The molecule has 0 aliphatic carbocycles. The molecule has 0 atom stereocenters. The van der Waals surface area contributed by atoms with E-state index in [-0.39, 0.29) is 0 Å². The van der Waals surface area contributed by atoms with E-state index in [1.165, 1.54) is 0 Å². The molecule has 0 aliphatic heterocycles. The molecule has 0 heterocycles. The van der Waals surface area contributed by atoms with Gasteiger partial charge in [0.2, 0.25) is 0 Å². The molecule has 0 rings (SSSR count). The monoisotopic (exact) mass is 128 g/mol. The van der Waals surface area contributed by atoms with Crippen LogP contribution in [0.4, 0.5) is 8.78 Å². The molecule has 0 aromatic carbocycles. The summed E-state index contributed by atoms with van der Waals surface area (Å²) < 4.78 is 22.5. The number of rotatable bonds is 3. The molecule has 0 aliphatic rings. The Balaban J connectivity index is 3.11. The Bertz CT molecular complexity index is 60.0. The van der Waals surface area contributed by atoms with Crippen LogP contribution in [0.3, 0.4) is 0 Å². The second-order valence-electron chi connectivity index (χ2n) is 1.09. The number of hydrogen-bond acceptors (Lipinski definition) is 3. The standard InChI is InChI=1S/C3H6F2O3/c1-7-8-2-3(4,5)6/h6H,2H2,1H3. The van der Waals surface area contributed by atoms with Crippen molar-refractivity contribution in [2.75, 3.05) is 13.7 Å². The molecule has 50 valence electrons. The highest BCUT2D eigenvalue weighted by molar-refractivity contribution is 4.39. The number of hydrogen-bond donors (Lipinski definition) is 1. The van der Waals surface area contributed by atoms with Gasteiger partial charge in [0.1, 0.15) is 0 Å². The summed E-state index contributed by atoms with van der Waals surface area (Å²) in [6.45, 7) is -1.14. The average Bonchev–Trinajstić information content (AvgIpc) is 1.59. The minimum absolute atomic E-state index is 1.08. The van der Waals surface area contributed by atoms with Gasteiger partial charge in [0, 0.05) is 0 Å². The zero-order valence-corrected chi connectivity index (χ0v) is 4.23.